The lowest BCUT2D eigenvalue weighted by atomic mass is 10.1. The van der Waals surface area contributed by atoms with E-state index in [1.54, 1.807) is 13.8 Å². The first-order chi connectivity index (χ1) is 11.4. The van der Waals surface area contributed by atoms with Crippen molar-refractivity contribution < 1.29 is 14.7 Å². The Labute approximate surface area is 144 Å². The Morgan fingerprint density at radius 2 is 2.21 bits per heavy atom. The van der Waals surface area contributed by atoms with Gasteiger partial charge in [0, 0.05) is 24.5 Å². The van der Waals surface area contributed by atoms with Gasteiger partial charge < -0.3 is 15.7 Å². The third kappa shape index (κ3) is 4.42. The monoisotopic (exact) mass is 353 g/mol. The number of hydrogen-bond acceptors (Lipinski definition) is 6. The fourth-order valence-electron chi connectivity index (χ4n) is 2.23. The van der Waals surface area contributed by atoms with E-state index in [0.29, 0.717) is 18.6 Å². The van der Waals surface area contributed by atoms with Crippen molar-refractivity contribution in [3.63, 3.8) is 0 Å². The predicted molar refractivity (Wildman–Crippen MR) is 91.9 cm³/mol. The van der Waals surface area contributed by atoms with Crippen molar-refractivity contribution in [2.75, 3.05) is 22.6 Å². The number of aliphatic hydroxyl groups is 1. The van der Waals surface area contributed by atoms with E-state index in [9.17, 15) is 14.7 Å². The van der Waals surface area contributed by atoms with Crippen LogP contribution in [0.25, 0.3) is 0 Å². The average Bonchev–Trinajstić information content (AvgIpc) is 2.98. The van der Waals surface area contributed by atoms with Gasteiger partial charge in [-0.2, -0.15) is 9.97 Å². The van der Waals surface area contributed by atoms with Crippen molar-refractivity contribution in [1.82, 2.24) is 9.97 Å². The topological polar surface area (TPSA) is 116 Å². The molecule has 0 saturated heterocycles. The van der Waals surface area contributed by atoms with Crippen LogP contribution in [0.3, 0.4) is 0 Å². The third-order valence-corrected chi connectivity index (χ3v) is 3.83. The summed E-state index contributed by atoms with van der Waals surface area (Å²) in [6.07, 6.45) is 4.98. The van der Waals surface area contributed by atoms with Crippen LogP contribution in [0.4, 0.5) is 17.5 Å². The van der Waals surface area contributed by atoms with Crippen LogP contribution in [0.1, 0.15) is 20.3 Å². The molecule has 0 aliphatic heterocycles. The maximum atomic E-state index is 11.8. The van der Waals surface area contributed by atoms with Gasteiger partial charge in [0.25, 0.3) is 0 Å². The third-order valence-electron chi connectivity index (χ3n) is 3.56. The molecule has 1 aromatic heterocycles. The zero-order valence-electron chi connectivity index (χ0n) is 13.4. The van der Waals surface area contributed by atoms with E-state index < -0.39 is 0 Å². The van der Waals surface area contributed by atoms with Crippen LogP contribution in [0.5, 0.6) is 0 Å². The molecule has 130 valence electrons. The van der Waals surface area contributed by atoms with Crippen molar-refractivity contribution in [2.45, 2.75) is 26.3 Å². The Hall–Kier alpha value is -2.19. The molecular weight excluding hydrogens is 334 g/mol. The highest BCUT2D eigenvalue weighted by atomic mass is 35.5. The molecular formula is C15H20ClN5O3. The molecule has 0 unspecified atom stereocenters. The molecule has 9 heteroatoms. The largest absolute Gasteiger partial charge is 0.396 e. The Morgan fingerprint density at radius 1 is 1.46 bits per heavy atom. The summed E-state index contributed by atoms with van der Waals surface area (Å²) in [4.78, 5) is 30.8. The Bertz CT molecular complexity index is 650. The molecule has 1 aliphatic rings. The van der Waals surface area contributed by atoms with Gasteiger partial charge in [0.05, 0.1) is 0 Å². The number of aliphatic hydroxyl groups excluding tert-OH is 1. The summed E-state index contributed by atoms with van der Waals surface area (Å²) in [6.45, 7) is 3.56. The highest BCUT2D eigenvalue weighted by Crippen LogP contribution is 2.30. The van der Waals surface area contributed by atoms with E-state index in [1.165, 1.54) is 0 Å². The highest BCUT2D eigenvalue weighted by Gasteiger charge is 2.22. The molecule has 0 aromatic carbocycles. The van der Waals surface area contributed by atoms with E-state index in [0.717, 1.165) is 0 Å². The molecule has 0 saturated carbocycles. The van der Waals surface area contributed by atoms with Crippen molar-refractivity contribution in [3.8, 4) is 0 Å². The summed E-state index contributed by atoms with van der Waals surface area (Å²) in [5.74, 6) is -0.0519. The number of halogens is 1. The zero-order chi connectivity index (χ0) is 17.7. The molecule has 24 heavy (non-hydrogen) atoms. The minimum Gasteiger partial charge on any atom is -0.396 e. The smallest absolute Gasteiger partial charge is 0.232 e. The number of amides is 2. The Kier molecular flexibility index (Phi) is 6.10. The second-order valence-corrected chi connectivity index (χ2v) is 6.14. The lowest BCUT2D eigenvalue weighted by molar-refractivity contribution is -0.119. The number of nitrogens with one attached hydrogen (secondary N) is 3. The highest BCUT2D eigenvalue weighted by molar-refractivity contribution is 6.33. The maximum Gasteiger partial charge on any atom is 0.232 e. The summed E-state index contributed by atoms with van der Waals surface area (Å²) in [5.41, 5.74) is 0.232. The molecule has 1 aliphatic carbocycles. The molecule has 0 spiro atoms. The summed E-state index contributed by atoms with van der Waals surface area (Å²) >= 11 is 6.10. The molecule has 0 fully saturated rings. The van der Waals surface area contributed by atoms with Crippen molar-refractivity contribution in [3.05, 3.63) is 17.3 Å². The van der Waals surface area contributed by atoms with Gasteiger partial charge in [-0.25, -0.2) is 0 Å². The van der Waals surface area contributed by atoms with Crippen LogP contribution in [0, 0.1) is 11.8 Å². The predicted octanol–water partition coefficient (Wildman–Crippen LogP) is 1.64. The Morgan fingerprint density at radius 3 is 2.79 bits per heavy atom. The first kappa shape index (κ1) is 18.2. The van der Waals surface area contributed by atoms with Crippen LogP contribution in [-0.2, 0) is 9.59 Å². The molecule has 8 nitrogen and oxygen atoms in total. The average molecular weight is 354 g/mol. The standard InChI is InChI=1S/C15H20ClN5O3/c1-8(2)14(24)21-15-19-12(16)11(17-7-23)13(20-15)18-10-4-3-9(5-10)6-22/h3-4,7-10,22H,5-6H2,1-2H3,(H,17,23)(H2,18,19,20,21,24)/t9-,10+/m1/s1. The van der Waals surface area contributed by atoms with Gasteiger partial charge in [-0.05, 0) is 6.42 Å². The molecule has 0 radical (unpaired) electrons. The maximum absolute atomic E-state index is 11.8. The van der Waals surface area contributed by atoms with Crippen molar-refractivity contribution >= 4 is 41.4 Å². The lowest BCUT2D eigenvalue weighted by Crippen LogP contribution is -2.22. The number of rotatable bonds is 7. The van der Waals surface area contributed by atoms with Gasteiger partial charge in [0.1, 0.15) is 5.69 Å². The van der Waals surface area contributed by atoms with Crippen LogP contribution in [0.15, 0.2) is 12.2 Å². The van der Waals surface area contributed by atoms with Gasteiger partial charge in [-0.3, -0.25) is 14.9 Å². The summed E-state index contributed by atoms with van der Waals surface area (Å²) in [6, 6.07) is -0.0750. The van der Waals surface area contributed by atoms with E-state index in [1.807, 2.05) is 12.2 Å². The summed E-state index contributed by atoms with van der Waals surface area (Å²) in [7, 11) is 0. The fourth-order valence-corrected chi connectivity index (χ4v) is 2.45. The van der Waals surface area contributed by atoms with Crippen molar-refractivity contribution in [1.29, 1.82) is 0 Å². The minimum absolute atomic E-state index is 0.0133. The van der Waals surface area contributed by atoms with Crippen LogP contribution < -0.4 is 16.0 Å². The Balaban J connectivity index is 2.25. The van der Waals surface area contributed by atoms with Crippen molar-refractivity contribution in [2.24, 2.45) is 11.8 Å². The number of aromatic nitrogens is 2. The molecule has 4 N–H and O–H groups in total. The van der Waals surface area contributed by atoms with Crippen LogP contribution in [0.2, 0.25) is 5.15 Å². The summed E-state index contributed by atoms with van der Waals surface area (Å²) < 4.78 is 0. The number of carbonyl (C=O) groups excluding carboxylic acids is 2. The molecule has 2 rings (SSSR count). The first-order valence-electron chi connectivity index (χ1n) is 7.58. The van der Waals surface area contributed by atoms with Gasteiger partial charge in [-0.1, -0.05) is 37.6 Å². The lowest BCUT2D eigenvalue weighted by Gasteiger charge is -2.17. The molecule has 2 atom stereocenters. The number of nitrogens with zero attached hydrogens (tertiary/aromatic N) is 2. The first-order valence-corrected chi connectivity index (χ1v) is 7.96. The normalized spacial score (nSPS) is 19.4. The van der Waals surface area contributed by atoms with E-state index >= 15 is 0 Å². The second kappa shape index (κ2) is 8.07. The van der Waals surface area contributed by atoms with Gasteiger partial charge >= 0.3 is 0 Å². The van der Waals surface area contributed by atoms with Crippen LogP contribution in [-0.4, -0.2) is 40.0 Å². The molecule has 0 bridgehead atoms. The number of hydrogen-bond donors (Lipinski definition) is 4. The fraction of sp³-hybridized carbons (Fsp3) is 0.467. The number of carbonyl (C=O) groups is 2. The quantitative estimate of drug-likeness (QED) is 0.336. The van der Waals surface area contributed by atoms with Gasteiger partial charge in [-0.15, -0.1) is 0 Å². The second-order valence-electron chi connectivity index (χ2n) is 5.78. The van der Waals surface area contributed by atoms with Crippen LogP contribution >= 0.6 is 11.6 Å². The number of anilines is 3. The zero-order valence-corrected chi connectivity index (χ0v) is 14.2. The van der Waals surface area contributed by atoms with E-state index in [-0.39, 0.29) is 47.2 Å². The molecule has 1 aromatic rings. The summed E-state index contributed by atoms with van der Waals surface area (Å²) in [5, 5.41) is 17.4. The SMILES string of the molecule is CC(C)C(=O)Nc1nc(Cl)c(NC=O)c(N[C@H]2C=C[C@@H](CO)C2)n1. The molecule has 1 heterocycles. The minimum atomic E-state index is -0.241. The molecule has 2 amide bonds. The van der Waals surface area contributed by atoms with E-state index in [4.69, 9.17) is 11.6 Å². The van der Waals surface area contributed by atoms with Gasteiger partial charge in [0.15, 0.2) is 11.0 Å². The van der Waals surface area contributed by atoms with Gasteiger partial charge in [0.2, 0.25) is 18.3 Å². The van der Waals surface area contributed by atoms with E-state index in [2.05, 4.69) is 25.9 Å².